The molecule has 1 aliphatic heterocycles. The summed E-state index contributed by atoms with van der Waals surface area (Å²) in [6, 6.07) is 4.62. The Bertz CT molecular complexity index is 783. The first-order chi connectivity index (χ1) is 12.2. The fraction of sp³-hybridized carbons (Fsp3) is 0.294. The molecule has 0 bridgehead atoms. The molecule has 1 aliphatic rings. The molecule has 1 aromatic rings. The lowest BCUT2D eigenvalue weighted by atomic mass is 9.72. The van der Waals surface area contributed by atoms with Crippen molar-refractivity contribution in [2.75, 3.05) is 0 Å². The third-order valence-corrected chi connectivity index (χ3v) is 3.89. The van der Waals surface area contributed by atoms with E-state index in [0.717, 1.165) is 0 Å². The standard InChI is InChI=1S/C17H20BNO7/c1-9(6-13(21)10(2)20)7-15(22)19-14-8-11-4-3-5-12(17(23)24)16(11)26-18(14)25/h3-6,14,20-21,25H,7-8H2,1-2H3,(H,19,22)(H,23,24)/b9-6+,13-10-/t14-/m0/s1. The molecule has 9 heteroatoms. The van der Waals surface area contributed by atoms with E-state index in [2.05, 4.69) is 5.32 Å². The van der Waals surface area contributed by atoms with Crippen LogP contribution in [0.15, 0.2) is 41.4 Å². The number of aliphatic hydroxyl groups is 2. The van der Waals surface area contributed by atoms with E-state index in [9.17, 15) is 19.7 Å². The number of aliphatic hydroxyl groups excluding tert-OH is 2. The molecule has 0 aromatic heterocycles. The third-order valence-electron chi connectivity index (χ3n) is 3.89. The molecule has 1 aromatic carbocycles. The SMILES string of the molecule is C/C(O)=C(O)\C=C(/C)CC(=O)N[C@H]1Cc2cccc(C(=O)O)c2OB1O. The smallest absolute Gasteiger partial charge is 0.534 e. The van der Waals surface area contributed by atoms with Gasteiger partial charge in [-0.25, -0.2) is 4.79 Å². The van der Waals surface area contributed by atoms with Crippen LogP contribution >= 0.6 is 0 Å². The molecule has 1 atom stereocenters. The number of rotatable bonds is 5. The van der Waals surface area contributed by atoms with Crippen molar-refractivity contribution in [1.29, 1.82) is 0 Å². The number of fused-ring (bicyclic) bond motifs is 1. The van der Waals surface area contributed by atoms with Crippen molar-refractivity contribution in [3.8, 4) is 5.75 Å². The van der Waals surface area contributed by atoms with Gasteiger partial charge in [0, 0.05) is 6.42 Å². The van der Waals surface area contributed by atoms with Crippen molar-refractivity contribution in [2.45, 2.75) is 32.6 Å². The summed E-state index contributed by atoms with van der Waals surface area (Å²) >= 11 is 0. The number of carbonyl (C=O) groups is 2. The molecular weight excluding hydrogens is 341 g/mol. The lowest BCUT2D eigenvalue weighted by Gasteiger charge is -2.28. The van der Waals surface area contributed by atoms with Gasteiger partial charge in [-0.3, -0.25) is 4.79 Å². The molecule has 0 radical (unpaired) electrons. The van der Waals surface area contributed by atoms with Crippen LogP contribution in [0.4, 0.5) is 0 Å². The maximum absolute atomic E-state index is 12.1. The van der Waals surface area contributed by atoms with E-state index in [4.69, 9.17) is 14.9 Å². The molecule has 8 nitrogen and oxygen atoms in total. The molecule has 138 valence electrons. The number of carboxylic acid groups (broad SMARTS) is 1. The van der Waals surface area contributed by atoms with E-state index in [1.807, 2.05) is 0 Å². The van der Waals surface area contributed by atoms with E-state index >= 15 is 0 Å². The fourth-order valence-electron chi connectivity index (χ4n) is 2.62. The molecule has 0 aliphatic carbocycles. The van der Waals surface area contributed by atoms with Gasteiger partial charge >= 0.3 is 13.1 Å². The summed E-state index contributed by atoms with van der Waals surface area (Å²) in [4.78, 5) is 23.3. The van der Waals surface area contributed by atoms with Crippen LogP contribution in [0.25, 0.3) is 0 Å². The van der Waals surface area contributed by atoms with Crippen LogP contribution in [0.5, 0.6) is 5.75 Å². The van der Waals surface area contributed by atoms with Crippen LogP contribution < -0.4 is 9.97 Å². The van der Waals surface area contributed by atoms with E-state index in [1.54, 1.807) is 19.1 Å². The molecule has 0 unspecified atom stereocenters. The number of nitrogens with one attached hydrogen (secondary N) is 1. The van der Waals surface area contributed by atoms with Gasteiger partial charge in [0.1, 0.15) is 11.5 Å². The lowest BCUT2D eigenvalue weighted by Crippen LogP contribution is -2.53. The van der Waals surface area contributed by atoms with Crippen LogP contribution in [0.1, 0.15) is 36.2 Å². The number of carboxylic acids is 1. The van der Waals surface area contributed by atoms with Gasteiger partial charge in [0.05, 0.1) is 11.5 Å². The Morgan fingerprint density at radius 1 is 1.31 bits per heavy atom. The maximum atomic E-state index is 12.1. The third kappa shape index (κ3) is 4.57. The zero-order valence-corrected chi connectivity index (χ0v) is 14.4. The van der Waals surface area contributed by atoms with Crippen LogP contribution in [0.2, 0.25) is 0 Å². The topological polar surface area (TPSA) is 136 Å². The minimum atomic E-state index is -1.38. The van der Waals surface area contributed by atoms with Crippen molar-refractivity contribution in [1.82, 2.24) is 5.32 Å². The number of para-hydroxylation sites is 1. The average Bonchev–Trinajstić information content (AvgIpc) is 2.54. The summed E-state index contributed by atoms with van der Waals surface area (Å²) in [6.07, 6.45) is 1.44. The molecule has 5 N–H and O–H groups in total. The van der Waals surface area contributed by atoms with Crippen molar-refractivity contribution in [3.63, 3.8) is 0 Å². The van der Waals surface area contributed by atoms with Crippen LogP contribution in [-0.4, -0.2) is 45.3 Å². The first-order valence-corrected chi connectivity index (χ1v) is 7.94. The molecule has 0 spiro atoms. The summed E-state index contributed by atoms with van der Waals surface area (Å²) < 4.78 is 5.30. The Kier molecular flexibility index (Phi) is 5.94. The molecule has 0 saturated heterocycles. The van der Waals surface area contributed by atoms with Gasteiger partial charge in [0.25, 0.3) is 0 Å². The number of aromatic carboxylic acids is 1. The summed E-state index contributed by atoms with van der Waals surface area (Å²) in [7, 11) is -1.38. The van der Waals surface area contributed by atoms with Gasteiger partial charge in [-0.05, 0) is 38.0 Å². The Morgan fingerprint density at radius 2 is 2.00 bits per heavy atom. The van der Waals surface area contributed by atoms with Gasteiger partial charge in [-0.2, -0.15) is 0 Å². The highest BCUT2D eigenvalue weighted by Gasteiger charge is 2.37. The second-order valence-corrected chi connectivity index (χ2v) is 6.12. The molecular formula is C17H20BNO7. The van der Waals surface area contributed by atoms with Crippen molar-refractivity contribution < 1.29 is 34.6 Å². The predicted octanol–water partition coefficient (Wildman–Crippen LogP) is 1.51. The Labute approximate surface area is 150 Å². The van der Waals surface area contributed by atoms with E-state index in [0.29, 0.717) is 11.1 Å². The monoisotopic (exact) mass is 361 g/mol. The number of benzene rings is 1. The van der Waals surface area contributed by atoms with E-state index in [-0.39, 0.29) is 35.7 Å². The highest BCUT2D eigenvalue weighted by molar-refractivity contribution is 6.47. The lowest BCUT2D eigenvalue weighted by molar-refractivity contribution is -0.120. The summed E-state index contributed by atoms with van der Waals surface area (Å²) in [6.45, 7) is 2.93. The van der Waals surface area contributed by atoms with Gasteiger partial charge < -0.3 is 30.3 Å². The largest absolute Gasteiger partial charge is 0.547 e. The molecule has 1 heterocycles. The van der Waals surface area contributed by atoms with Crippen molar-refractivity contribution in [3.05, 3.63) is 52.5 Å². The van der Waals surface area contributed by atoms with Crippen LogP contribution in [0.3, 0.4) is 0 Å². The number of allylic oxidation sites excluding steroid dienone is 2. The first-order valence-electron chi connectivity index (χ1n) is 7.94. The van der Waals surface area contributed by atoms with E-state index < -0.39 is 24.9 Å². The predicted molar refractivity (Wildman–Crippen MR) is 94.0 cm³/mol. The molecule has 0 fully saturated rings. The molecule has 26 heavy (non-hydrogen) atoms. The second kappa shape index (κ2) is 7.96. The Morgan fingerprint density at radius 3 is 2.62 bits per heavy atom. The van der Waals surface area contributed by atoms with Gasteiger partial charge in [0.2, 0.25) is 5.91 Å². The van der Waals surface area contributed by atoms with Crippen molar-refractivity contribution >= 4 is 19.0 Å². The number of hydrogen-bond acceptors (Lipinski definition) is 6. The van der Waals surface area contributed by atoms with Gasteiger partial charge in [0.15, 0.2) is 5.76 Å². The normalized spacial score (nSPS) is 17.7. The highest BCUT2D eigenvalue weighted by atomic mass is 16.5. The Hall–Kier alpha value is -2.94. The summed E-state index contributed by atoms with van der Waals surface area (Å²) in [5.74, 6) is -2.80. The Balaban J connectivity index is 2.07. The molecule has 2 rings (SSSR count). The average molecular weight is 361 g/mol. The summed E-state index contributed by atoms with van der Waals surface area (Å²) in [5, 5.41) is 40.5. The first kappa shape index (κ1) is 19.4. The maximum Gasteiger partial charge on any atom is 0.547 e. The quantitative estimate of drug-likeness (QED) is 0.305. The molecule has 0 saturated carbocycles. The van der Waals surface area contributed by atoms with Crippen molar-refractivity contribution in [2.24, 2.45) is 0 Å². The van der Waals surface area contributed by atoms with Crippen LogP contribution in [-0.2, 0) is 11.2 Å². The van der Waals surface area contributed by atoms with Gasteiger partial charge in [-0.15, -0.1) is 0 Å². The minimum absolute atomic E-state index is 0.0493. The number of hydrogen-bond donors (Lipinski definition) is 5. The number of carbonyl (C=O) groups excluding carboxylic acids is 1. The minimum Gasteiger partial charge on any atom is -0.534 e. The van der Waals surface area contributed by atoms with Crippen LogP contribution in [0, 0.1) is 0 Å². The zero-order chi connectivity index (χ0) is 19.4. The number of amides is 1. The highest BCUT2D eigenvalue weighted by Crippen LogP contribution is 2.30. The fourth-order valence-corrected chi connectivity index (χ4v) is 2.62. The summed E-state index contributed by atoms with van der Waals surface area (Å²) in [5.41, 5.74) is 1.03. The zero-order valence-electron chi connectivity index (χ0n) is 14.4. The second-order valence-electron chi connectivity index (χ2n) is 6.12. The van der Waals surface area contributed by atoms with Gasteiger partial charge in [-0.1, -0.05) is 17.7 Å². The molecule has 1 amide bonds. The van der Waals surface area contributed by atoms with E-state index in [1.165, 1.54) is 19.1 Å².